The third-order valence-electron chi connectivity index (χ3n) is 3.23. The van der Waals surface area contributed by atoms with Crippen LogP contribution >= 0.6 is 12.4 Å². The number of aromatic amines is 1. The summed E-state index contributed by atoms with van der Waals surface area (Å²) in [5.41, 5.74) is -0.327. The van der Waals surface area contributed by atoms with Crippen LogP contribution in [0.3, 0.4) is 0 Å². The second-order valence-electron chi connectivity index (χ2n) is 4.60. The zero-order valence-electron chi connectivity index (χ0n) is 10.6. The molecule has 0 radical (unpaired) electrons. The lowest BCUT2D eigenvalue weighted by Crippen LogP contribution is -2.36. The van der Waals surface area contributed by atoms with Crippen LogP contribution in [0.15, 0.2) is 6.07 Å². The first-order valence-electron chi connectivity index (χ1n) is 6.01. The SMILES string of the molecule is CNCC1CCCN1Cc1cc(C(F)(F)F)n[nH]1.Cl. The first-order chi connectivity index (χ1) is 8.50. The highest BCUT2D eigenvalue weighted by Crippen LogP contribution is 2.28. The molecule has 0 bridgehead atoms. The third-order valence-corrected chi connectivity index (χ3v) is 3.23. The highest BCUT2D eigenvalue weighted by molar-refractivity contribution is 5.85. The lowest BCUT2D eigenvalue weighted by atomic mass is 10.2. The van der Waals surface area contributed by atoms with Crippen LogP contribution in [0.5, 0.6) is 0 Å². The summed E-state index contributed by atoms with van der Waals surface area (Å²) in [5.74, 6) is 0. The maximum Gasteiger partial charge on any atom is 0.435 e. The van der Waals surface area contributed by atoms with E-state index in [1.165, 1.54) is 0 Å². The maximum atomic E-state index is 12.4. The van der Waals surface area contributed by atoms with Crippen LogP contribution in [-0.4, -0.2) is 41.3 Å². The Balaban J connectivity index is 0.00000180. The standard InChI is InChI=1S/C11H17F3N4.ClH/c1-15-6-9-3-2-4-18(9)7-8-5-10(17-16-8)11(12,13)14;/h5,9,15H,2-4,6-7H2,1H3,(H,16,17);1H. The molecule has 1 aliphatic rings. The van der Waals surface area contributed by atoms with Crippen molar-refractivity contribution in [3.63, 3.8) is 0 Å². The Labute approximate surface area is 116 Å². The van der Waals surface area contributed by atoms with E-state index < -0.39 is 11.9 Å². The van der Waals surface area contributed by atoms with Crippen LogP contribution in [0.2, 0.25) is 0 Å². The maximum absolute atomic E-state index is 12.4. The number of alkyl halides is 3. The number of rotatable bonds is 4. The van der Waals surface area contributed by atoms with E-state index in [1.54, 1.807) is 0 Å². The predicted octanol–water partition coefficient (Wildman–Crippen LogP) is 2.03. The molecule has 4 nitrogen and oxygen atoms in total. The average molecular weight is 299 g/mol. The van der Waals surface area contributed by atoms with E-state index in [4.69, 9.17) is 0 Å². The van der Waals surface area contributed by atoms with Crippen molar-refractivity contribution in [1.82, 2.24) is 20.4 Å². The number of aromatic nitrogens is 2. The first kappa shape index (κ1) is 16.3. The number of H-pyrrole nitrogens is 1. The smallest absolute Gasteiger partial charge is 0.318 e. The van der Waals surface area contributed by atoms with E-state index in [-0.39, 0.29) is 12.4 Å². The van der Waals surface area contributed by atoms with Gasteiger partial charge in [0.2, 0.25) is 0 Å². The van der Waals surface area contributed by atoms with Crippen molar-refractivity contribution in [2.45, 2.75) is 31.6 Å². The van der Waals surface area contributed by atoms with Gasteiger partial charge in [0.05, 0.1) is 0 Å². The predicted molar refractivity (Wildman–Crippen MR) is 68.2 cm³/mol. The molecule has 2 N–H and O–H groups in total. The van der Waals surface area contributed by atoms with E-state index in [1.807, 2.05) is 7.05 Å². The van der Waals surface area contributed by atoms with Crippen molar-refractivity contribution in [2.24, 2.45) is 0 Å². The van der Waals surface area contributed by atoms with Gasteiger partial charge in [-0.1, -0.05) is 0 Å². The van der Waals surface area contributed by atoms with E-state index in [0.29, 0.717) is 18.3 Å². The second kappa shape index (κ2) is 6.58. The summed E-state index contributed by atoms with van der Waals surface area (Å²) in [6.45, 7) is 2.28. The summed E-state index contributed by atoms with van der Waals surface area (Å²) in [7, 11) is 1.88. The summed E-state index contributed by atoms with van der Waals surface area (Å²) in [6.07, 6.45) is -2.20. The lowest BCUT2D eigenvalue weighted by Gasteiger charge is -2.23. The number of hydrogen-bond acceptors (Lipinski definition) is 3. The van der Waals surface area contributed by atoms with Gasteiger partial charge in [-0.3, -0.25) is 10.00 Å². The zero-order valence-corrected chi connectivity index (χ0v) is 11.4. The normalized spacial score (nSPS) is 20.5. The van der Waals surface area contributed by atoms with Gasteiger partial charge in [0.15, 0.2) is 5.69 Å². The Morgan fingerprint density at radius 3 is 2.84 bits per heavy atom. The molecular formula is C11H18ClF3N4. The minimum absolute atomic E-state index is 0. The van der Waals surface area contributed by atoms with Gasteiger partial charge in [-0.2, -0.15) is 18.3 Å². The Morgan fingerprint density at radius 2 is 2.26 bits per heavy atom. The molecule has 1 aromatic heterocycles. The largest absolute Gasteiger partial charge is 0.435 e. The summed E-state index contributed by atoms with van der Waals surface area (Å²) < 4.78 is 37.2. The highest BCUT2D eigenvalue weighted by Gasteiger charge is 2.34. The minimum Gasteiger partial charge on any atom is -0.318 e. The van der Waals surface area contributed by atoms with Crippen LogP contribution in [-0.2, 0) is 12.7 Å². The molecule has 1 unspecified atom stereocenters. The van der Waals surface area contributed by atoms with Crippen LogP contribution < -0.4 is 5.32 Å². The molecule has 2 heterocycles. The van der Waals surface area contributed by atoms with Gasteiger partial charge in [0.25, 0.3) is 0 Å². The molecule has 0 aromatic carbocycles. The molecular weight excluding hydrogens is 281 g/mol. The van der Waals surface area contributed by atoms with Crippen molar-refractivity contribution < 1.29 is 13.2 Å². The van der Waals surface area contributed by atoms with Crippen molar-refractivity contribution >= 4 is 12.4 Å². The Hall–Kier alpha value is -0.790. The van der Waals surface area contributed by atoms with E-state index >= 15 is 0 Å². The number of likely N-dealkylation sites (tertiary alicyclic amines) is 1. The molecule has 2 rings (SSSR count). The average Bonchev–Trinajstić information content (AvgIpc) is 2.89. The monoisotopic (exact) mass is 298 g/mol. The molecule has 1 atom stereocenters. The van der Waals surface area contributed by atoms with E-state index in [2.05, 4.69) is 20.4 Å². The minimum atomic E-state index is -4.37. The number of likely N-dealkylation sites (N-methyl/N-ethyl adjacent to an activating group) is 1. The number of halogens is 4. The molecule has 0 amide bonds. The van der Waals surface area contributed by atoms with Gasteiger partial charge in [-0.15, -0.1) is 12.4 Å². The molecule has 1 aromatic rings. The Morgan fingerprint density at radius 1 is 1.53 bits per heavy atom. The van der Waals surface area contributed by atoms with Crippen LogP contribution in [0, 0.1) is 0 Å². The van der Waals surface area contributed by atoms with Crippen molar-refractivity contribution in [1.29, 1.82) is 0 Å². The summed E-state index contributed by atoms with van der Waals surface area (Å²) in [4.78, 5) is 2.18. The molecule has 110 valence electrons. The van der Waals surface area contributed by atoms with Gasteiger partial charge in [0, 0.05) is 24.8 Å². The van der Waals surface area contributed by atoms with Crippen LogP contribution in [0.1, 0.15) is 24.2 Å². The van der Waals surface area contributed by atoms with Crippen molar-refractivity contribution in [3.8, 4) is 0 Å². The van der Waals surface area contributed by atoms with Gasteiger partial charge < -0.3 is 5.32 Å². The molecule has 1 saturated heterocycles. The van der Waals surface area contributed by atoms with Gasteiger partial charge in [0.1, 0.15) is 0 Å². The Bertz CT molecular complexity index is 394. The third kappa shape index (κ3) is 4.09. The molecule has 0 saturated carbocycles. The summed E-state index contributed by atoms with van der Waals surface area (Å²) >= 11 is 0. The van der Waals surface area contributed by atoms with Gasteiger partial charge >= 0.3 is 6.18 Å². The zero-order chi connectivity index (χ0) is 13.2. The van der Waals surface area contributed by atoms with Crippen molar-refractivity contribution in [3.05, 3.63) is 17.5 Å². The number of nitrogens with one attached hydrogen (secondary N) is 2. The van der Waals surface area contributed by atoms with Crippen LogP contribution in [0.25, 0.3) is 0 Å². The fourth-order valence-corrected chi connectivity index (χ4v) is 2.38. The molecule has 1 aliphatic heterocycles. The topological polar surface area (TPSA) is 44.0 Å². The summed E-state index contributed by atoms with van der Waals surface area (Å²) in [6, 6.07) is 1.49. The van der Waals surface area contributed by atoms with Gasteiger partial charge in [-0.25, -0.2) is 0 Å². The number of nitrogens with zero attached hydrogens (tertiary/aromatic N) is 2. The van der Waals surface area contributed by atoms with Crippen LogP contribution in [0.4, 0.5) is 13.2 Å². The highest BCUT2D eigenvalue weighted by atomic mass is 35.5. The summed E-state index contributed by atoms with van der Waals surface area (Å²) in [5, 5.41) is 8.89. The van der Waals surface area contributed by atoms with E-state index in [0.717, 1.165) is 32.0 Å². The first-order valence-corrected chi connectivity index (χ1v) is 6.01. The van der Waals surface area contributed by atoms with E-state index in [9.17, 15) is 13.2 Å². The quantitative estimate of drug-likeness (QED) is 0.894. The molecule has 0 spiro atoms. The lowest BCUT2D eigenvalue weighted by molar-refractivity contribution is -0.141. The number of hydrogen-bond donors (Lipinski definition) is 2. The fourth-order valence-electron chi connectivity index (χ4n) is 2.38. The second-order valence-corrected chi connectivity index (χ2v) is 4.60. The fraction of sp³-hybridized carbons (Fsp3) is 0.727. The van der Waals surface area contributed by atoms with Gasteiger partial charge in [-0.05, 0) is 32.5 Å². The molecule has 8 heteroatoms. The molecule has 1 fully saturated rings. The van der Waals surface area contributed by atoms with Crippen molar-refractivity contribution in [2.75, 3.05) is 20.1 Å². The molecule has 0 aliphatic carbocycles. The Kier molecular flexibility index (Phi) is 5.64. The molecule has 19 heavy (non-hydrogen) atoms.